The molecule has 3 aliphatic heterocycles. The van der Waals surface area contributed by atoms with Crippen molar-refractivity contribution < 1.29 is 24.3 Å². The van der Waals surface area contributed by atoms with Crippen molar-refractivity contribution in [2.24, 2.45) is 11.3 Å². The van der Waals surface area contributed by atoms with Crippen molar-refractivity contribution in [3.8, 4) is 0 Å². The van der Waals surface area contributed by atoms with Gasteiger partial charge in [-0.25, -0.2) is 0 Å². The maximum atomic E-state index is 12.5. The lowest BCUT2D eigenvalue weighted by Crippen LogP contribution is -2.51. The summed E-state index contributed by atoms with van der Waals surface area (Å²) in [6.45, 7) is 5.39. The van der Waals surface area contributed by atoms with Crippen LogP contribution in [0.25, 0.3) is 0 Å². The SMILES string of the molecule is C=CCN1C[C@@]2(C(=O)O)CN(C(=O)CN3CCNC(=O)C3)C[C@H]2C1=O. The third-order valence-corrected chi connectivity index (χ3v) is 5.23. The predicted octanol–water partition coefficient (Wildman–Crippen LogP) is -2.02. The van der Waals surface area contributed by atoms with Crippen LogP contribution in [0.5, 0.6) is 0 Å². The number of rotatable bonds is 5. The molecule has 9 nitrogen and oxygen atoms in total. The van der Waals surface area contributed by atoms with E-state index in [0.29, 0.717) is 19.6 Å². The second-order valence-electron chi connectivity index (χ2n) is 6.86. The number of nitrogens with one attached hydrogen (secondary N) is 1. The summed E-state index contributed by atoms with van der Waals surface area (Å²) < 4.78 is 0. The van der Waals surface area contributed by atoms with E-state index < -0.39 is 17.3 Å². The molecule has 9 heteroatoms. The van der Waals surface area contributed by atoms with E-state index in [4.69, 9.17) is 0 Å². The molecule has 0 aromatic carbocycles. The first-order valence-electron chi connectivity index (χ1n) is 8.27. The maximum Gasteiger partial charge on any atom is 0.314 e. The molecular formula is C16H22N4O5. The van der Waals surface area contributed by atoms with Crippen LogP contribution in [0.2, 0.25) is 0 Å². The first kappa shape index (κ1) is 17.4. The van der Waals surface area contributed by atoms with Gasteiger partial charge in [0.15, 0.2) is 0 Å². The van der Waals surface area contributed by atoms with Crippen LogP contribution in [0.4, 0.5) is 0 Å². The van der Waals surface area contributed by atoms with Gasteiger partial charge in [-0.05, 0) is 0 Å². The smallest absolute Gasteiger partial charge is 0.314 e. The highest BCUT2D eigenvalue weighted by Crippen LogP contribution is 2.43. The summed E-state index contributed by atoms with van der Waals surface area (Å²) in [4.78, 5) is 53.0. The fraction of sp³-hybridized carbons (Fsp3) is 0.625. The Labute approximate surface area is 145 Å². The van der Waals surface area contributed by atoms with Crippen LogP contribution in [0.1, 0.15) is 0 Å². The Kier molecular flexibility index (Phi) is 4.51. The number of amides is 3. The van der Waals surface area contributed by atoms with Gasteiger partial charge in [-0.3, -0.25) is 24.1 Å². The van der Waals surface area contributed by atoms with Crippen molar-refractivity contribution in [1.82, 2.24) is 20.0 Å². The highest BCUT2D eigenvalue weighted by atomic mass is 16.4. The first-order chi connectivity index (χ1) is 11.9. The van der Waals surface area contributed by atoms with Crippen LogP contribution in [-0.4, -0.2) is 95.9 Å². The van der Waals surface area contributed by atoms with Gasteiger partial charge in [0.2, 0.25) is 17.7 Å². The topological polar surface area (TPSA) is 110 Å². The largest absolute Gasteiger partial charge is 0.481 e. The minimum atomic E-state index is -1.25. The molecule has 0 aromatic heterocycles. The Morgan fingerprint density at radius 2 is 2.12 bits per heavy atom. The molecule has 0 spiro atoms. The van der Waals surface area contributed by atoms with Gasteiger partial charge in [0.25, 0.3) is 0 Å². The lowest BCUT2D eigenvalue weighted by atomic mass is 9.81. The molecule has 0 aliphatic carbocycles. The molecule has 3 saturated heterocycles. The number of carbonyl (C=O) groups excluding carboxylic acids is 3. The molecule has 0 saturated carbocycles. The summed E-state index contributed by atoms with van der Waals surface area (Å²) in [7, 11) is 0. The first-order valence-corrected chi connectivity index (χ1v) is 8.27. The summed E-state index contributed by atoms with van der Waals surface area (Å²) in [6.07, 6.45) is 1.57. The zero-order chi connectivity index (χ0) is 18.2. The van der Waals surface area contributed by atoms with Crippen molar-refractivity contribution in [1.29, 1.82) is 0 Å². The average Bonchev–Trinajstić information content (AvgIpc) is 3.05. The average molecular weight is 350 g/mol. The molecule has 3 amide bonds. The Bertz CT molecular complexity index is 636. The normalized spacial score (nSPS) is 29.5. The fourth-order valence-electron chi connectivity index (χ4n) is 3.93. The van der Waals surface area contributed by atoms with Crippen molar-refractivity contribution in [3.05, 3.63) is 12.7 Å². The molecular weight excluding hydrogens is 328 g/mol. The van der Waals surface area contributed by atoms with E-state index in [-0.39, 0.29) is 50.4 Å². The highest BCUT2D eigenvalue weighted by molar-refractivity contribution is 5.94. The number of likely N-dealkylation sites (tertiary alicyclic amines) is 2. The number of aliphatic carboxylic acids is 1. The molecule has 2 N–H and O–H groups in total. The molecule has 3 rings (SSSR count). The molecule has 3 heterocycles. The predicted molar refractivity (Wildman–Crippen MR) is 86.4 cm³/mol. The lowest BCUT2D eigenvalue weighted by Gasteiger charge is -2.29. The van der Waals surface area contributed by atoms with Crippen LogP contribution < -0.4 is 5.32 Å². The molecule has 3 aliphatic rings. The van der Waals surface area contributed by atoms with Crippen LogP contribution in [0.3, 0.4) is 0 Å². The van der Waals surface area contributed by atoms with E-state index in [1.165, 1.54) is 9.80 Å². The van der Waals surface area contributed by atoms with E-state index in [9.17, 15) is 24.3 Å². The van der Waals surface area contributed by atoms with Gasteiger partial charge in [-0.2, -0.15) is 0 Å². The number of nitrogens with zero attached hydrogens (tertiary/aromatic N) is 3. The highest BCUT2D eigenvalue weighted by Gasteiger charge is 2.62. The van der Waals surface area contributed by atoms with Crippen molar-refractivity contribution in [2.45, 2.75) is 0 Å². The van der Waals surface area contributed by atoms with E-state index >= 15 is 0 Å². The second kappa shape index (κ2) is 6.47. The van der Waals surface area contributed by atoms with Gasteiger partial charge in [0.1, 0.15) is 5.41 Å². The third kappa shape index (κ3) is 2.99. The number of fused-ring (bicyclic) bond motifs is 1. The van der Waals surface area contributed by atoms with E-state index in [0.717, 1.165) is 0 Å². The van der Waals surface area contributed by atoms with Gasteiger partial charge < -0.3 is 20.2 Å². The number of carbonyl (C=O) groups is 4. The summed E-state index contributed by atoms with van der Waals surface area (Å²) in [5, 5.41) is 12.4. The van der Waals surface area contributed by atoms with Gasteiger partial charge in [0, 0.05) is 39.3 Å². The van der Waals surface area contributed by atoms with Gasteiger partial charge in [0.05, 0.1) is 19.0 Å². The van der Waals surface area contributed by atoms with E-state index in [2.05, 4.69) is 11.9 Å². The zero-order valence-electron chi connectivity index (χ0n) is 13.9. The molecule has 25 heavy (non-hydrogen) atoms. The Morgan fingerprint density at radius 3 is 2.72 bits per heavy atom. The summed E-state index contributed by atoms with van der Waals surface area (Å²) in [5.41, 5.74) is -1.25. The van der Waals surface area contributed by atoms with E-state index in [1.54, 1.807) is 11.0 Å². The molecule has 2 atom stereocenters. The Balaban J connectivity index is 1.69. The number of carboxylic acid groups (broad SMARTS) is 1. The Hall–Kier alpha value is -2.42. The van der Waals surface area contributed by atoms with Crippen LogP contribution >= 0.6 is 0 Å². The van der Waals surface area contributed by atoms with Crippen molar-refractivity contribution >= 4 is 23.7 Å². The quantitative estimate of drug-likeness (QED) is 0.554. The molecule has 0 unspecified atom stereocenters. The fourth-order valence-corrected chi connectivity index (χ4v) is 3.93. The van der Waals surface area contributed by atoms with Gasteiger partial charge in [-0.15, -0.1) is 6.58 Å². The molecule has 3 fully saturated rings. The minimum Gasteiger partial charge on any atom is -0.481 e. The van der Waals surface area contributed by atoms with Crippen LogP contribution in [-0.2, 0) is 19.2 Å². The zero-order valence-corrected chi connectivity index (χ0v) is 13.9. The standard InChI is InChI=1S/C16H22N4O5/c1-2-4-19-9-16(15(24)25)10-20(6-11(16)14(19)23)13(22)8-18-5-3-17-12(21)7-18/h2,11H,1,3-10H2,(H,17,21)(H,24,25)/t11-,16+/m0/s1. The van der Waals surface area contributed by atoms with Crippen molar-refractivity contribution in [2.75, 3.05) is 52.4 Å². The monoisotopic (exact) mass is 350 g/mol. The van der Waals surface area contributed by atoms with Crippen LogP contribution in [0, 0.1) is 11.3 Å². The van der Waals surface area contributed by atoms with Crippen molar-refractivity contribution in [3.63, 3.8) is 0 Å². The molecule has 136 valence electrons. The molecule has 0 bridgehead atoms. The number of hydrogen-bond donors (Lipinski definition) is 2. The maximum absolute atomic E-state index is 12.5. The molecule has 0 radical (unpaired) electrons. The molecule has 0 aromatic rings. The number of hydrogen-bond acceptors (Lipinski definition) is 5. The number of piperazine rings is 1. The summed E-state index contributed by atoms with van der Waals surface area (Å²) in [6, 6.07) is 0. The van der Waals surface area contributed by atoms with Crippen LogP contribution in [0.15, 0.2) is 12.7 Å². The van der Waals surface area contributed by atoms with E-state index in [1.807, 2.05) is 0 Å². The minimum absolute atomic E-state index is 0.0191. The van der Waals surface area contributed by atoms with Gasteiger partial charge in [-0.1, -0.05) is 6.08 Å². The lowest BCUT2D eigenvalue weighted by molar-refractivity contribution is -0.150. The summed E-state index contributed by atoms with van der Waals surface area (Å²) >= 11 is 0. The van der Waals surface area contributed by atoms with Gasteiger partial charge >= 0.3 is 5.97 Å². The summed E-state index contributed by atoms with van der Waals surface area (Å²) in [5.74, 6) is -2.39. The number of carboxylic acids is 1. The second-order valence-corrected chi connectivity index (χ2v) is 6.86. The Morgan fingerprint density at radius 1 is 1.36 bits per heavy atom. The third-order valence-electron chi connectivity index (χ3n) is 5.23.